The van der Waals surface area contributed by atoms with Crippen molar-refractivity contribution in [3.05, 3.63) is 95.6 Å². The standard InChI is InChI=1S/C26H25N3O3/c1-19(30)21-8-12-23(13-9-21)27-25(31)22-10-14-24(15-11-22)29-17-5-16-28(26(29)32)18-20-6-3-2-4-7-20/h2-4,6-15H,5,16-18H2,1H3,(H,27,31). The van der Waals surface area contributed by atoms with Crippen LogP contribution in [0.2, 0.25) is 0 Å². The monoisotopic (exact) mass is 427 g/mol. The Labute approximate surface area is 187 Å². The SMILES string of the molecule is CC(=O)c1ccc(NC(=O)c2ccc(N3CCCN(Cc4ccccc4)C3=O)cc2)cc1. The van der Waals surface area contributed by atoms with E-state index in [0.29, 0.717) is 29.9 Å². The minimum Gasteiger partial charge on any atom is -0.322 e. The van der Waals surface area contributed by atoms with Gasteiger partial charge in [0.05, 0.1) is 0 Å². The van der Waals surface area contributed by atoms with Crippen molar-refractivity contribution in [3.8, 4) is 0 Å². The quantitative estimate of drug-likeness (QED) is 0.565. The van der Waals surface area contributed by atoms with E-state index in [-0.39, 0.29) is 17.7 Å². The highest BCUT2D eigenvalue weighted by Gasteiger charge is 2.26. The number of carbonyl (C=O) groups excluding carboxylic acids is 3. The highest BCUT2D eigenvalue weighted by atomic mass is 16.2. The lowest BCUT2D eigenvalue weighted by molar-refractivity contribution is 0.101. The van der Waals surface area contributed by atoms with E-state index in [4.69, 9.17) is 0 Å². The second-order valence-corrected chi connectivity index (χ2v) is 7.83. The number of anilines is 2. The number of carbonyl (C=O) groups is 3. The van der Waals surface area contributed by atoms with Crippen molar-refractivity contribution in [1.82, 2.24) is 4.90 Å². The van der Waals surface area contributed by atoms with Crippen LogP contribution < -0.4 is 10.2 Å². The van der Waals surface area contributed by atoms with Gasteiger partial charge in [-0.15, -0.1) is 0 Å². The normalized spacial score (nSPS) is 13.7. The molecule has 6 heteroatoms. The molecule has 0 radical (unpaired) electrons. The second-order valence-electron chi connectivity index (χ2n) is 7.83. The fourth-order valence-corrected chi connectivity index (χ4v) is 3.76. The van der Waals surface area contributed by atoms with E-state index in [9.17, 15) is 14.4 Å². The van der Waals surface area contributed by atoms with Crippen LogP contribution in [0.25, 0.3) is 0 Å². The van der Waals surface area contributed by atoms with Crippen molar-refractivity contribution < 1.29 is 14.4 Å². The summed E-state index contributed by atoms with van der Waals surface area (Å²) < 4.78 is 0. The van der Waals surface area contributed by atoms with E-state index in [1.54, 1.807) is 53.4 Å². The third-order valence-corrected chi connectivity index (χ3v) is 5.52. The van der Waals surface area contributed by atoms with Gasteiger partial charge in [-0.25, -0.2) is 4.79 Å². The molecule has 1 fully saturated rings. The Morgan fingerprint density at radius 2 is 1.50 bits per heavy atom. The maximum absolute atomic E-state index is 13.0. The Bertz CT molecular complexity index is 1110. The van der Waals surface area contributed by atoms with Crippen molar-refractivity contribution in [2.24, 2.45) is 0 Å². The summed E-state index contributed by atoms with van der Waals surface area (Å²) in [4.78, 5) is 40.6. The predicted molar refractivity (Wildman–Crippen MR) is 125 cm³/mol. The minimum absolute atomic E-state index is 0.0203. The lowest BCUT2D eigenvalue weighted by Gasteiger charge is -2.35. The second kappa shape index (κ2) is 9.47. The maximum Gasteiger partial charge on any atom is 0.324 e. The van der Waals surface area contributed by atoms with E-state index < -0.39 is 0 Å². The highest BCUT2D eigenvalue weighted by Crippen LogP contribution is 2.22. The number of benzene rings is 3. The van der Waals surface area contributed by atoms with Crippen LogP contribution in [-0.2, 0) is 6.54 Å². The smallest absolute Gasteiger partial charge is 0.322 e. The summed E-state index contributed by atoms with van der Waals surface area (Å²) in [6, 6.07) is 23.8. The zero-order chi connectivity index (χ0) is 22.5. The first-order chi connectivity index (χ1) is 15.5. The van der Waals surface area contributed by atoms with E-state index in [1.165, 1.54) is 6.92 Å². The number of ketones is 1. The van der Waals surface area contributed by atoms with E-state index in [1.807, 2.05) is 35.2 Å². The molecule has 1 aliphatic heterocycles. The van der Waals surface area contributed by atoms with Gasteiger partial charge in [-0.2, -0.15) is 0 Å². The molecule has 4 rings (SSSR count). The topological polar surface area (TPSA) is 69.7 Å². The Balaban J connectivity index is 1.41. The van der Waals surface area contributed by atoms with Gasteiger partial charge < -0.3 is 10.2 Å². The summed E-state index contributed by atoms with van der Waals surface area (Å²) in [5, 5.41) is 2.83. The number of hydrogen-bond donors (Lipinski definition) is 1. The molecule has 3 amide bonds. The van der Waals surface area contributed by atoms with Gasteiger partial charge in [-0.05, 0) is 67.4 Å². The summed E-state index contributed by atoms with van der Waals surface area (Å²) in [5.74, 6) is -0.268. The van der Waals surface area contributed by atoms with Crippen molar-refractivity contribution in [2.45, 2.75) is 19.9 Å². The Morgan fingerprint density at radius 1 is 0.844 bits per heavy atom. The van der Waals surface area contributed by atoms with Crippen LogP contribution in [0.15, 0.2) is 78.9 Å². The van der Waals surface area contributed by atoms with Gasteiger partial charge >= 0.3 is 6.03 Å². The summed E-state index contributed by atoms with van der Waals surface area (Å²) in [6.45, 7) is 3.47. The first-order valence-electron chi connectivity index (χ1n) is 10.6. The van der Waals surface area contributed by atoms with Gasteiger partial charge in [0.1, 0.15) is 0 Å². The summed E-state index contributed by atoms with van der Waals surface area (Å²) >= 11 is 0. The minimum atomic E-state index is -0.247. The molecular weight excluding hydrogens is 402 g/mol. The molecule has 0 unspecified atom stereocenters. The molecule has 32 heavy (non-hydrogen) atoms. The van der Waals surface area contributed by atoms with Crippen LogP contribution in [0.1, 0.15) is 39.6 Å². The number of urea groups is 1. The molecule has 1 heterocycles. The summed E-state index contributed by atoms with van der Waals surface area (Å²) in [6.07, 6.45) is 0.886. The van der Waals surface area contributed by atoms with Gasteiger partial charge in [-0.3, -0.25) is 14.5 Å². The zero-order valence-corrected chi connectivity index (χ0v) is 18.0. The molecule has 162 valence electrons. The van der Waals surface area contributed by atoms with Gasteiger partial charge in [0.15, 0.2) is 5.78 Å². The largest absolute Gasteiger partial charge is 0.324 e. The molecule has 0 aromatic heterocycles. The summed E-state index contributed by atoms with van der Waals surface area (Å²) in [5.41, 5.74) is 3.59. The van der Waals surface area contributed by atoms with Gasteiger partial charge in [0.2, 0.25) is 0 Å². The van der Waals surface area contributed by atoms with Crippen LogP contribution in [0.4, 0.5) is 16.2 Å². The Morgan fingerprint density at radius 3 is 2.16 bits per heavy atom. The fourth-order valence-electron chi connectivity index (χ4n) is 3.76. The summed E-state index contributed by atoms with van der Waals surface area (Å²) in [7, 11) is 0. The van der Waals surface area contributed by atoms with Gasteiger partial charge in [0, 0.05) is 42.1 Å². The molecule has 3 aromatic rings. The highest BCUT2D eigenvalue weighted by molar-refractivity contribution is 6.05. The lowest BCUT2D eigenvalue weighted by Crippen LogP contribution is -2.49. The Hall–Kier alpha value is -3.93. The molecular formula is C26H25N3O3. The van der Waals surface area contributed by atoms with Crippen molar-refractivity contribution in [1.29, 1.82) is 0 Å². The number of rotatable bonds is 6. The van der Waals surface area contributed by atoms with Crippen LogP contribution in [-0.4, -0.2) is 35.7 Å². The van der Waals surface area contributed by atoms with Gasteiger partial charge in [-0.1, -0.05) is 30.3 Å². The van der Waals surface area contributed by atoms with Crippen molar-refractivity contribution in [2.75, 3.05) is 23.3 Å². The molecule has 1 saturated heterocycles. The first kappa shape index (κ1) is 21.3. The fraction of sp³-hybridized carbons (Fsp3) is 0.192. The molecule has 1 N–H and O–H groups in total. The molecule has 6 nitrogen and oxygen atoms in total. The predicted octanol–water partition coefficient (Wildman–Crippen LogP) is 4.97. The number of nitrogens with one attached hydrogen (secondary N) is 1. The molecule has 0 atom stereocenters. The third-order valence-electron chi connectivity index (χ3n) is 5.52. The molecule has 0 saturated carbocycles. The third kappa shape index (κ3) is 4.86. The van der Waals surface area contributed by atoms with Crippen LogP contribution >= 0.6 is 0 Å². The van der Waals surface area contributed by atoms with Crippen molar-refractivity contribution in [3.63, 3.8) is 0 Å². The lowest BCUT2D eigenvalue weighted by atomic mass is 10.1. The number of hydrogen-bond acceptors (Lipinski definition) is 3. The zero-order valence-electron chi connectivity index (χ0n) is 18.0. The van der Waals surface area contributed by atoms with Crippen LogP contribution in [0.5, 0.6) is 0 Å². The average molecular weight is 428 g/mol. The van der Waals surface area contributed by atoms with Crippen LogP contribution in [0.3, 0.4) is 0 Å². The molecule has 0 bridgehead atoms. The average Bonchev–Trinajstić information content (AvgIpc) is 2.81. The Kier molecular flexibility index (Phi) is 6.31. The number of amides is 3. The molecule has 0 aliphatic carbocycles. The van der Waals surface area contributed by atoms with E-state index in [0.717, 1.165) is 24.2 Å². The van der Waals surface area contributed by atoms with Crippen LogP contribution in [0, 0.1) is 0 Å². The maximum atomic E-state index is 13.0. The number of nitrogens with zero attached hydrogens (tertiary/aromatic N) is 2. The van der Waals surface area contributed by atoms with Gasteiger partial charge in [0.25, 0.3) is 5.91 Å². The van der Waals surface area contributed by atoms with E-state index in [2.05, 4.69) is 5.32 Å². The molecule has 0 spiro atoms. The first-order valence-corrected chi connectivity index (χ1v) is 10.6. The molecule has 3 aromatic carbocycles. The van der Waals surface area contributed by atoms with E-state index >= 15 is 0 Å². The number of Topliss-reactive ketones (excluding diaryl/α,β-unsaturated/α-hetero) is 1. The molecule has 1 aliphatic rings. The van der Waals surface area contributed by atoms with Crippen molar-refractivity contribution >= 4 is 29.1 Å².